The molecule has 4 heteroatoms. The van der Waals surface area contributed by atoms with Crippen LogP contribution >= 0.6 is 0 Å². The van der Waals surface area contributed by atoms with Crippen LogP contribution in [0.1, 0.15) is 32.6 Å². The van der Waals surface area contributed by atoms with Gasteiger partial charge in [-0.05, 0) is 31.0 Å². The number of benzene rings is 1. The average Bonchev–Trinajstić information content (AvgIpc) is 2.72. The van der Waals surface area contributed by atoms with Crippen LogP contribution in [0.3, 0.4) is 0 Å². The maximum absolute atomic E-state index is 13.2. The summed E-state index contributed by atoms with van der Waals surface area (Å²) in [5, 5.41) is 2.76. The van der Waals surface area contributed by atoms with Crippen LogP contribution in [-0.4, -0.2) is 5.91 Å². The second-order valence-electron chi connectivity index (χ2n) is 4.96. The Bertz CT molecular complexity index is 439. The number of hydrogen-bond donors (Lipinski definition) is 2. The van der Waals surface area contributed by atoms with Crippen LogP contribution in [0.2, 0.25) is 0 Å². The second kappa shape index (κ2) is 4.35. The summed E-state index contributed by atoms with van der Waals surface area (Å²) in [5.41, 5.74) is 5.63. The Morgan fingerprint density at radius 1 is 1.41 bits per heavy atom. The van der Waals surface area contributed by atoms with Crippen molar-refractivity contribution in [1.29, 1.82) is 0 Å². The van der Waals surface area contributed by atoms with Crippen LogP contribution in [0, 0.1) is 11.2 Å². The number of amides is 1. The highest BCUT2D eigenvalue weighted by Gasteiger charge is 2.36. The summed E-state index contributed by atoms with van der Waals surface area (Å²) < 4.78 is 13.2. The molecule has 1 fully saturated rings. The maximum atomic E-state index is 13.2. The molecule has 0 bridgehead atoms. The number of rotatable bonds is 2. The lowest BCUT2D eigenvalue weighted by Crippen LogP contribution is -2.30. The van der Waals surface area contributed by atoms with E-state index >= 15 is 0 Å². The molecule has 3 nitrogen and oxygen atoms in total. The van der Waals surface area contributed by atoms with Gasteiger partial charge in [-0.15, -0.1) is 0 Å². The van der Waals surface area contributed by atoms with Crippen LogP contribution in [0.25, 0.3) is 0 Å². The third-order valence-corrected chi connectivity index (χ3v) is 3.51. The molecular weight excluding hydrogens is 219 g/mol. The highest BCUT2D eigenvalue weighted by molar-refractivity contribution is 5.95. The van der Waals surface area contributed by atoms with Gasteiger partial charge in [-0.2, -0.15) is 0 Å². The normalized spacial score (nSPS) is 18.0. The van der Waals surface area contributed by atoms with Crippen molar-refractivity contribution in [3.63, 3.8) is 0 Å². The fraction of sp³-hybridized carbons (Fsp3) is 0.462. The summed E-state index contributed by atoms with van der Waals surface area (Å²) in [6.45, 7) is 1.96. The van der Waals surface area contributed by atoms with Crippen molar-refractivity contribution >= 4 is 17.3 Å². The summed E-state index contributed by atoms with van der Waals surface area (Å²) in [5.74, 6) is -0.529. The van der Waals surface area contributed by atoms with E-state index in [2.05, 4.69) is 5.32 Å². The second-order valence-corrected chi connectivity index (χ2v) is 4.96. The molecule has 1 amide bonds. The molecule has 1 aromatic carbocycles. The lowest BCUT2D eigenvalue weighted by Gasteiger charge is -2.22. The Morgan fingerprint density at radius 2 is 2.06 bits per heavy atom. The number of hydrogen-bond acceptors (Lipinski definition) is 2. The van der Waals surface area contributed by atoms with Gasteiger partial charge in [-0.3, -0.25) is 4.79 Å². The van der Waals surface area contributed by atoms with Gasteiger partial charge in [0, 0.05) is 11.1 Å². The number of carbonyl (C=O) groups is 1. The summed E-state index contributed by atoms with van der Waals surface area (Å²) in [7, 11) is 0. The van der Waals surface area contributed by atoms with Gasteiger partial charge >= 0.3 is 0 Å². The molecule has 0 unspecified atom stereocenters. The van der Waals surface area contributed by atoms with Gasteiger partial charge in [0.2, 0.25) is 5.91 Å². The molecule has 92 valence electrons. The van der Waals surface area contributed by atoms with E-state index in [0.717, 1.165) is 25.7 Å². The first-order valence-corrected chi connectivity index (χ1v) is 5.88. The molecule has 0 spiro atoms. The van der Waals surface area contributed by atoms with Gasteiger partial charge in [0.25, 0.3) is 0 Å². The number of carbonyl (C=O) groups excluding carboxylic acids is 1. The van der Waals surface area contributed by atoms with E-state index in [1.165, 1.54) is 12.1 Å². The molecular formula is C13H17FN2O. The van der Waals surface area contributed by atoms with E-state index in [4.69, 9.17) is 5.73 Å². The molecule has 0 heterocycles. The molecule has 0 aliphatic heterocycles. The van der Waals surface area contributed by atoms with Crippen molar-refractivity contribution in [2.24, 2.45) is 5.41 Å². The van der Waals surface area contributed by atoms with E-state index in [1.54, 1.807) is 6.07 Å². The van der Waals surface area contributed by atoms with Crippen molar-refractivity contribution in [3.05, 3.63) is 24.0 Å². The lowest BCUT2D eigenvalue weighted by molar-refractivity contribution is -0.124. The largest absolute Gasteiger partial charge is 0.396 e. The molecule has 17 heavy (non-hydrogen) atoms. The van der Waals surface area contributed by atoms with E-state index in [1.807, 2.05) is 6.92 Å². The monoisotopic (exact) mass is 236 g/mol. The smallest absolute Gasteiger partial charge is 0.230 e. The predicted molar refractivity (Wildman–Crippen MR) is 66.0 cm³/mol. The molecule has 0 aromatic heterocycles. The van der Waals surface area contributed by atoms with Crippen LogP contribution in [0.15, 0.2) is 18.2 Å². The molecule has 0 saturated heterocycles. The quantitative estimate of drug-likeness (QED) is 0.776. The summed E-state index contributed by atoms with van der Waals surface area (Å²) in [6.07, 6.45) is 3.96. The standard InChI is InChI=1S/C13H17FN2O/c1-13(6-2-3-7-13)12(17)16-9-4-5-11(15)10(14)8-9/h4-5,8H,2-3,6-7,15H2,1H3,(H,16,17). The highest BCUT2D eigenvalue weighted by Crippen LogP contribution is 2.38. The van der Waals surface area contributed by atoms with E-state index < -0.39 is 5.82 Å². The fourth-order valence-corrected chi connectivity index (χ4v) is 2.27. The zero-order chi connectivity index (χ0) is 12.5. The van der Waals surface area contributed by atoms with Crippen molar-refractivity contribution in [3.8, 4) is 0 Å². The molecule has 1 aromatic rings. The molecule has 1 saturated carbocycles. The van der Waals surface area contributed by atoms with Gasteiger partial charge in [-0.1, -0.05) is 19.8 Å². The van der Waals surface area contributed by atoms with Crippen molar-refractivity contribution in [2.45, 2.75) is 32.6 Å². The first kappa shape index (κ1) is 11.9. The maximum Gasteiger partial charge on any atom is 0.230 e. The number of nitrogen functional groups attached to an aromatic ring is 1. The number of anilines is 2. The molecule has 0 radical (unpaired) electrons. The van der Waals surface area contributed by atoms with Crippen LogP contribution in [0.5, 0.6) is 0 Å². The Balaban J connectivity index is 2.10. The van der Waals surface area contributed by atoms with E-state index in [9.17, 15) is 9.18 Å². The van der Waals surface area contributed by atoms with E-state index in [0.29, 0.717) is 5.69 Å². The van der Waals surface area contributed by atoms with Crippen LogP contribution < -0.4 is 11.1 Å². The number of nitrogens with one attached hydrogen (secondary N) is 1. The van der Waals surface area contributed by atoms with Crippen LogP contribution in [-0.2, 0) is 4.79 Å². The minimum atomic E-state index is -0.501. The van der Waals surface area contributed by atoms with Gasteiger partial charge in [0.05, 0.1) is 5.69 Å². The molecule has 3 N–H and O–H groups in total. The molecule has 0 atom stereocenters. The first-order valence-electron chi connectivity index (χ1n) is 5.88. The van der Waals surface area contributed by atoms with Gasteiger partial charge in [0.1, 0.15) is 5.82 Å². The minimum Gasteiger partial charge on any atom is -0.396 e. The zero-order valence-electron chi connectivity index (χ0n) is 9.92. The summed E-state index contributed by atoms with van der Waals surface area (Å²) in [4.78, 5) is 12.1. The Morgan fingerprint density at radius 3 is 2.65 bits per heavy atom. The fourth-order valence-electron chi connectivity index (χ4n) is 2.27. The van der Waals surface area contributed by atoms with Crippen molar-refractivity contribution < 1.29 is 9.18 Å². The lowest BCUT2D eigenvalue weighted by atomic mass is 9.88. The van der Waals surface area contributed by atoms with Gasteiger partial charge in [0.15, 0.2) is 0 Å². The van der Waals surface area contributed by atoms with Crippen LogP contribution in [0.4, 0.5) is 15.8 Å². The number of halogens is 1. The zero-order valence-corrected chi connectivity index (χ0v) is 9.92. The minimum absolute atomic E-state index is 0.0285. The topological polar surface area (TPSA) is 55.1 Å². The predicted octanol–water partition coefficient (Wildman–Crippen LogP) is 2.93. The van der Waals surface area contributed by atoms with Gasteiger partial charge in [-0.25, -0.2) is 4.39 Å². The summed E-state index contributed by atoms with van der Waals surface area (Å²) in [6, 6.07) is 4.34. The Hall–Kier alpha value is -1.58. The highest BCUT2D eigenvalue weighted by atomic mass is 19.1. The third-order valence-electron chi connectivity index (χ3n) is 3.51. The molecule has 1 aliphatic rings. The Kier molecular flexibility index (Phi) is 3.05. The SMILES string of the molecule is CC1(C(=O)Nc2ccc(N)c(F)c2)CCCC1. The number of nitrogens with two attached hydrogens (primary N) is 1. The Labute approximate surface area is 100 Å². The molecule has 2 rings (SSSR count). The average molecular weight is 236 g/mol. The summed E-state index contributed by atoms with van der Waals surface area (Å²) >= 11 is 0. The molecule has 1 aliphatic carbocycles. The van der Waals surface area contributed by atoms with Crippen molar-refractivity contribution in [1.82, 2.24) is 0 Å². The van der Waals surface area contributed by atoms with Crippen molar-refractivity contribution in [2.75, 3.05) is 11.1 Å². The third kappa shape index (κ3) is 2.40. The van der Waals surface area contributed by atoms with Gasteiger partial charge < -0.3 is 11.1 Å². The first-order chi connectivity index (χ1) is 8.01. The van der Waals surface area contributed by atoms with E-state index in [-0.39, 0.29) is 17.0 Å².